The quantitative estimate of drug-likeness (QED) is 0.320. The number of carbonyl (C=O) groups excluding carboxylic acids is 2. The van der Waals surface area contributed by atoms with Crippen LogP contribution in [-0.4, -0.2) is 10.5 Å². The molecular weight excluding hydrogens is 158 g/mol. The summed E-state index contributed by atoms with van der Waals surface area (Å²) in [6.45, 7) is 0. The second-order valence-corrected chi connectivity index (χ2v) is 1.23. The number of hydrogen-bond donors (Lipinski definition) is 0. The minimum atomic E-state index is -1.14. The van der Waals surface area contributed by atoms with Crippen molar-refractivity contribution in [1.29, 1.82) is 0 Å². The summed E-state index contributed by atoms with van der Waals surface area (Å²) in [7, 11) is 0. The number of halogens is 2. The Labute approximate surface area is 53.8 Å². The standard InChI is InChI=1S/C2Cl2O2.H3P/c3-1(5)2(4)6;/h;1H3. The van der Waals surface area contributed by atoms with Crippen molar-refractivity contribution in [2.24, 2.45) is 0 Å². The van der Waals surface area contributed by atoms with Crippen LogP contribution in [0.5, 0.6) is 0 Å². The zero-order valence-electron chi connectivity index (χ0n) is 3.28. The highest BCUT2D eigenvalue weighted by atomic mass is 35.5. The molecule has 0 fully saturated rings. The van der Waals surface area contributed by atoms with E-state index in [1.807, 2.05) is 0 Å². The first kappa shape index (κ1) is 10.4. The van der Waals surface area contributed by atoms with Gasteiger partial charge in [0.1, 0.15) is 0 Å². The van der Waals surface area contributed by atoms with Crippen LogP contribution in [-0.2, 0) is 9.59 Å². The topological polar surface area (TPSA) is 34.1 Å². The van der Waals surface area contributed by atoms with Crippen molar-refractivity contribution in [1.82, 2.24) is 0 Å². The predicted octanol–water partition coefficient (Wildman–Crippen LogP) is 0.575. The lowest BCUT2D eigenvalue weighted by Gasteiger charge is -1.67. The van der Waals surface area contributed by atoms with Gasteiger partial charge in [-0.05, 0) is 23.2 Å². The van der Waals surface area contributed by atoms with Crippen LogP contribution in [0.15, 0.2) is 0 Å². The van der Waals surface area contributed by atoms with Crippen molar-refractivity contribution < 1.29 is 9.59 Å². The molecule has 0 amide bonds. The summed E-state index contributed by atoms with van der Waals surface area (Å²) in [6.07, 6.45) is 0. The average Bonchev–Trinajstić information content (AvgIpc) is 1.36. The van der Waals surface area contributed by atoms with Crippen molar-refractivity contribution in [2.45, 2.75) is 0 Å². The molecule has 0 aromatic heterocycles. The Bertz CT molecular complexity index is 79.7. The lowest BCUT2D eigenvalue weighted by atomic mass is 10.9. The highest BCUT2D eigenvalue weighted by molar-refractivity contribution is 6.97. The van der Waals surface area contributed by atoms with E-state index in [0.717, 1.165) is 0 Å². The molecule has 1 unspecified atom stereocenters. The van der Waals surface area contributed by atoms with Crippen LogP contribution < -0.4 is 0 Å². The zero-order valence-corrected chi connectivity index (χ0v) is 6.21. The maximum absolute atomic E-state index is 9.43. The maximum atomic E-state index is 9.43. The summed E-state index contributed by atoms with van der Waals surface area (Å²) in [4.78, 5) is 18.9. The molecule has 0 heterocycles. The van der Waals surface area contributed by atoms with Gasteiger partial charge in [-0.2, -0.15) is 9.90 Å². The van der Waals surface area contributed by atoms with Gasteiger partial charge in [-0.1, -0.05) is 0 Å². The number of carbonyl (C=O) groups is 2. The molecule has 0 saturated carbocycles. The van der Waals surface area contributed by atoms with Crippen molar-refractivity contribution in [3.63, 3.8) is 0 Å². The lowest BCUT2D eigenvalue weighted by Crippen LogP contribution is -1.94. The molecule has 2 nitrogen and oxygen atoms in total. The van der Waals surface area contributed by atoms with Crippen molar-refractivity contribution in [3.05, 3.63) is 0 Å². The fraction of sp³-hybridized carbons (Fsp3) is 0. The van der Waals surface area contributed by atoms with Crippen molar-refractivity contribution in [3.8, 4) is 0 Å². The second kappa shape index (κ2) is 4.51. The molecule has 42 valence electrons. The maximum Gasteiger partial charge on any atom is 0.304 e. The third kappa shape index (κ3) is 6.35. The number of hydrogen-bond acceptors (Lipinski definition) is 2. The Kier molecular flexibility index (Phi) is 6.67. The molecule has 0 radical (unpaired) electrons. The van der Waals surface area contributed by atoms with Crippen LogP contribution >= 0.6 is 33.1 Å². The van der Waals surface area contributed by atoms with Gasteiger partial charge in [0.15, 0.2) is 0 Å². The Morgan fingerprint density at radius 3 is 1.14 bits per heavy atom. The zero-order chi connectivity index (χ0) is 5.15. The van der Waals surface area contributed by atoms with Gasteiger partial charge in [0, 0.05) is 0 Å². The fourth-order valence-corrected chi connectivity index (χ4v) is 0. The Morgan fingerprint density at radius 1 is 1.00 bits per heavy atom. The summed E-state index contributed by atoms with van der Waals surface area (Å²) in [5.74, 6) is 0. The monoisotopic (exact) mass is 160 g/mol. The summed E-state index contributed by atoms with van der Waals surface area (Å²) >= 11 is 8.98. The van der Waals surface area contributed by atoms with Gasteiger partial charge < -0.3 is 0 Å². The van der Waals surface area contributed by atoms with Gasteiger partial charge in [0.25, 0.3) is 0 Å². The molecule has 0 aliphatic rings. The van der Waals surface area contributed by atoms with E-state index in [-0.39, 0.29) is 9.90 Å². The Balaban J connectivity index is 0. The molecule has 0 aromatic rings. The number of rotatable bonds is 1. The van der Waals surface area contributed by atoms with Gasteiger partial charge >= 0.3 is 10.5 Å². The molecule has 0 aliphatic heterocycles. The first-order chi connectivity index (χ1) is 2.64. The van der Waals surface area contributed by atoms with Crippen LogP contribution in [0.4, 0.5) is 0 Å². The summed E-state index contributed by atoms with van der Waals surface area (Å²) in [5, 5.41) is -2.28. The smallest absolute Gasteiger partial charge is 0.271 e. The molecule has 0 rings (SSSR count). The van der Waals surface area contributed by atoms with Crippen molar-refractivity contribution >= 4 is 43.6 Å². The van der Waals surface area contributed by atoms with Crippen LogP contribution in [0.1, 0.15) is 0 Å². The molecule has 0 saturated heterocycles. The third-order valence-electron chi connectivity index (χ3n) is 0.155. The molecule has 7 heavy (non-hydrogen) atoms. The van der Waals surface area contributed by atoms with Crippen LogP contribution in [0.2, 0.25) is 0 Å². The minimum absolute atomic E-state index is 0. The SMILES string of the molecule is O=C(Cl)C(=O)Cl.P. The molecule has 0 spiro atoms. The predicted molar refractivity (Wildman–Crippen MR) is 32.8 cm³/mol. The first-order valence-corrected chi connectivity index (χ1v) is 1.79. The molecule has 0 aliphatic carbocycles. The highest BCUT2D eigenvalue weighted by Gasteiger charge is 2.01. The fourth-order valence-electron chi connectivity index (χ4n) is 0. The van der Waals surface area contributed by atoms with E-state index in [1.54, 1.807) is 0 Å². The lowest BCUT2D eigenvalue weighted by molar-refractivity contribution is -0.127. The molecule has 1 atom stereocenters. The van der Waals surface area contributed by atoms with Crippen LogP contribution in [0, 0.1) is 0 Å². The Hall–Kier alpha value is 0.350. The van der Waals surface area contributed by atoms with Gasteiger partial charge in [0.2, 0.25) is 0 Å². The molecule has 0 aromatic carbocycles. The average molecular weight is 161 g/mol. The first-order valence-electron chi connectivity index (χ1n) is 1.04. The van der Waals surface area contributed by atoms with Crippen LogP contribution in [0.25, 0.3) is 0 Å². The second-order valence-electron chi connectivity index (χ2n) is 0.547. The van der Waals surface area contributed by atoms with Crippen LogP contribution in [0.3, 0.4) is 0 Å². The summed E-state index contributed by atoms with van der Waals surface area (Å²) < 4.78 is 0. The molecular formula is C2H3Cl2O2P. The van der Waals surface area contributed by atoms with Gasteiger partial charge in [-0.25, -0.2) is 0 Å². The Morgan fingerprint density at radius 2 is 1.14 bits per heavy atom. The molecule has 5 heteroatoms. The van der Waals surface area contributed by atoms with E-state index >= 15 is 0 Å². The minimum Gasteiger partial charge on any atom is -0.271 e. The summed E-state index contributed by atoms with van der Waals surface area (Å²) in [6, 6.07) is 0. The normalized spacial score (nSPS) is 6.57. The largest absolute Gasteiger partial charge is 0.304 e. The van der Waals surface area contributed by atoms with E-state index in [2.05, 4.69) is 23.2 Å². The van der Waals surface area contributed by atoms with E-state index in [0.29, 0.717) is 0 Å². The van der Waals surface area contributed by atoms with E-state index in [4.69, 9.17) is 0 Å². The van der Waals surface area contributed by atoms with Gasteiger partial charge in [-0.3, -0.25) is 9.59 Å². The van der Waals surface area contributed by atoms with Crippen molar-refractivity contribution in [2.75, 3.05) is 0 Å². The molecule has 0 bridgehead atoms. The highest BCUT2D eigenvalue weighted by Crippen LogP contribution is 1.84. The van der Waals surface area contributed by atoms with Gasteiger partial charge in [-0.15, -0.1) is 0 Å². The molecule has 0 N–H and O–H groups in total. The van der Waals surface area contributed by atoms with E-state index in [1.165, 1.54) is 0 Å². The van der Waals surface area contributed by atoms with E-state index in [9.17, 15) is 9.59 Å². The van der Waals surface area contributed by atoms with Gasteiger partial charge in [0.05, 0.1) is 0 Å². The third-order valence-corrected chi connectivity index (χ3v) is 0.595. The summed E-state index contributed by atoms with van der Waals surface area (Å²) in [5.41, 5.74) is 0. The van der Waals surface area contributed by atoms with E-state index < -0.39 is 10.5 Å².